The predicted octanol–water partition coefficient (Wildman–Crippen LogP) is 7.83. The third-order valence-corrected chi connectivity index (χ3v) is 4.45. The van der Waals surface area contributed by atoms with Crippen molar-refractivity contribution in [3.8, 4) is 0 Å². The first-order valence-electron chi connectivity index (χ1n) is 8.94. The van der Waals surface area contributed by atoms with Crippen molar-refractivity contribution < 1.29 is 0 Å². The van der Waals surface area contributed by atoms with E-state index in [0.717, 1.165) is 28.7 Å². The minimum absolute atomic E-state index is 0.878. The molecule has 0 spiro atoms. The third kappa shape index (κ3) is 4.62. The molecular weight excluding hydrogens is 324 g/mol. The van der Waals surface area contributed by atoms with Crippen LogP contribution < -0.4 is 0 Å². The average molecular weight is 351 g/mol. The summed E-state index contributed by atoms with van der Waals surface area (Å²) >= 11 is 0. The summed E-state index contributed by atoms with van der Waals surface area (Å²) in [4.78, 5) is 0. The molecule has 0 aliphatic heterocycles. The second kappa shape index (κ2) is 9.94. The van der Waals surface area contributed by atoms with Gasteiger partial charge in [0, 0.05) is 0 Å². The molecule has 0 saturated heterocycles. The number of allylic oxidation sites excluding steroid dienone is 1. The maximum absolute atomic E-state index is 3.84. The molecule has 0 radical (unpaired) electrons. The van der Waals surface area contributed by atoms with Crippen molar-refractivity contribution in [3.05, 3.63) is 121 Å². The lowest BCUT2D eigenvalue weighted by molar-refractivity contribution is 1.26. The van der Waals surface area contributed by atoms with Crippen molar-refractivity contribution in [2.75, 3.05) is 0 Å². The Morgan fingerprint density at radius 2 is 1.26 bits per heavy atom. The monoisotopic (exact) mass is 350 g/mol. The first-order chi connectivity index (χ1) is 13.2. The molecule has 0 fully saturated rings. The molecule has 3 aromatic carbocycles. The number of rotatable bonds is 6. The van der Waals surface area contributed by atoms with E-state index in [-0.39, 0.29) is 0 Å². The smallest absolute Gasteiger partial charge is 0.00940 e. The van der Waals surface area contributed by atoms with E-state index in [0.29, 0.717) is 0 Å². The lowest BCUT2D eigenvalue weighted by Gasteiger charge is -2.06. The predicted molar refractivity (Wildman–Crippen MR) is 125 cm³/mol. The van der Waals surface area contributed by atoms with Gasteiger partial charge in [-0.3, -0.25) is 0 Å². The Labute approximate surface area is 163 Å². The second-order valence-electron chi connectivity index (χ2n) is 6.02. The molecule has 0 N–H and O–H groups in total. The van der Waals surface area contributed by atoms with Gasteiger partial charge >= 0.3 is 0 Å². The lowest BCUT2D eigenvalue weighted by Crippen LogP contribution is -1.89. The van der Waals surface area contributed by atoms with Gasteiger partial charge in [-0.15, -0.1) is 6.58 Å². The summed E-state index contributed by atoms with van der Waals surface area (Å²) < 4.78 is 0. The van der Waals surface area contributed by atoms with Crippen molar-refractivity contribution in [3.63, 3.8) is 0 Å². The fourth-order valence-electron chi connectivity index (χ4n) is 3.11. The molecule has 0 nitrogen and oxygen atoms in total. The maximum atomic E-state index is 3.84. The molecule has 0 aliphatic carbocycles. The van der Waals surface area contributed by atoms with E-state index in [1.54, 1.807) is 0 Å². The van der Waals surface area contributed by atoms with E-state index in [1.807, 2.05) is 54.6 Å². The van der Waals surface area contributed by atoms with Gasteiger partial charge < -0.3 is 0 Å². The van der Waals surface area contributed by atoms with Gasteiger partial charge in [0.1, 0.15) is 0 Å². The normalized spacial score (nSPS) is 9.63. The first kappa shape index (κ1) is 19.9. The Kier molecular flexibility index (Phi) is 7.34. The van der Waals surface area contributed by atoms with E-state index in [1.165, 1.54) is 16.3 Å². The summed E-state index contributed by atoms with van der Waals surface area (Å²) in [5.74, 6) is 0. The zero-order valence-corrected chi connectivity index (χ0v) is 15.8. The van der Waals surface area contributed by atoms with Crippen molar-refractivity contribution in [1.29, 1.82) is 0 Å². The maximum Gasteiger partial charge on any atom is -0.00940 e. The molecule has 0 saturated carbocycles. The van der Waals surface area contributed by atoms with Crippen molar-refractivity contribution >= 4 is 35.1 Å². The van der Waals surface area contributed by atoms with Crippen LogP contribution in [0.4, 0.5) is 0 Å². The molecule has 0 atom stereocenters. The van der Waals surface area contributed by atoms with Gasteiger partial charge in [0.05, 0.1) is 0 Å². The standard InChI is InChI=1S/C14H12.C13H14/c1-3-11-9-10-12-7-5-6-8-14(12)13(11)4-2;1-4-8-12-10-7-9-11(5-2)13(12)6-3/h3-10H,1-2H2;4-7,9-10H,1-3,8H2. The van der Waals surface area contributed by atoms with Crippen LogP contribution in [0.15, 0.2) is 93.6 Å². The zero-order valence-electron chi connectivity index (χ0n) is 15.8. The highest BCUT2D eigenvalue weighted by atomic mass is 14.1. The zero-order chi connectivity index (χ0) is 19.6. The van der Waals surface area contributed by atoms with Crippen molar-refractivity contribution in [2.24, 2.45) is 0 Å². The molecule has 0 heteroatoms. The Balaban J connectivity index is 0.000000194. The highest BCUT2D eigenvalue weighted by Gasteiger charge is 2.01. The van der Waals surface area contributed by atoms with Crippen LogP contribution in [0.25, 0.3) is 35.1 Å². The van der Waals surface area contributed by atoms with Gasteiger partial charge in [-0.1, -0.05) is 111 Å². The SMILES string of the molecule is C=CCc1cccc(C=C)c1C=C.C=Cc1ccc2ccccc2c1C=C. The van der Waals surface area contributed by atoms with Gasteiger partial charge in [0.25, 0.3) is 0 Å². The number of fused-ring (bicyclic) bond motifs is 1. The summed E-state index contributed by atoms with van der Waals surface area (Å²) in [6.07, 6.45) is 10.3. The van der Waals surface area contributed by atoms with Crippen LogP contribution in [0.1, 0.15) is 27.8 Å². The van der Waals surface area contributed by atoms with Crippen LogP contribution in [-0.2, 0) is 6.42 Å². The van der Waals surface area contributed by atoms with E-state index >= 15 is 0 Å². The molecule has 0 bridgehead atoms. The fraction of sp³-hybridized carbons (Fsp3) is 0.0370. The highest BCUT2D eigenvalue weighted by Crippen LogP contribution is 2.24. The van der Waals surface area contributed by atoms with Crippen LogP contribution in [0.5, 0.6) is 0 Å². The number of benzene rings is 3. The van der Waals surface area contributed by atoms with Gasteiger partial charge in [-0.25, -0.2) is 0 Å². The highest BCUT2D eigenvalue weighted by molar-refractivity contribution is 5.93. The molecular formula is C27H26. The van der Waals surface area contributed by atoms with Crippen LogP contribution >= 0.6 is 0 Å². The van der Waals surface area contributed by atoms with E-state index < -0.39 is 0 Å². The Hall–Kier alpha value is -3.38. The molecule has 3 rings (SSSR count). The summed E-state index contributed by atoms with van der Waals surface area (Å²) in [6.45, 7) is 18.9. The molecule has 27 heavy (non-hydrogen) atoms. The van der Waals surface area contributed by atoms with Crippen LogP contribution in [0.2, 0.25) is 0 Å². The Bertz CT molecular complexity index is 986. The number of hydrogen-bond acceptors (Lipinski definition) is 0. The van der Waals surface area contributed by atoms with Crippen molar-refractivity contribution in [2.45, 2.75) is 6.42 Å². The van der Waals surface area contributed by atoms with Crippen LogP contribution in [0, 0.1) is 0 Å². The first-order valence-corrected chi connectivity index (χ1v) is 8.94. The summed E-state index contributed by atoms with van der Waals surface area (Å²) in [7, 11) is 0. The number of hydrogen-bond donors (Lipinski definition) is 0. The third-order valence-electron chi connectivity index (χ3n) is 4.45. The minimum Gasteiger partial charge on any atom is -0.103 e. The molecule has 0 heterocycles. The molecule has 0 unspecified atom stereocenters. The van der Waals surface area contributed by atoms with E-state index in [2.05, 4.69) is 63.2 Å². The second-order valence-corrected chi connectivity index (χ2v) is 6.02. The Morgan fingerprint density at radius 3 is 1.89 bits per heavy atom. The molecule has 134 valence electrons. The fourth-order valence-corrected chi connectivity index (χ4v) is 3.11. The molecule has 0 amide bonds. The Morgan fingerprint density at radius 1 is 0.593 bits per heavy atom. The van der Waals surface area contributed by atoms with Gasteiger partial charge in [-0.05, 0) is 45.0 Å². The topological polar surface area (TPSA) is 0 Å². The van der Waals surface area contributed by atoms with Gasteiger partial charge in [-0.2, -0.15) is 0 Å². The van der Waals surface area contributed by atoms with E-state index in [9.17, 15) is 0 Å². The summed E-state index contributed by atoms with van der Waals surface area (Å²) in [5.41, 5.74) is 5.85. The molecule has 0 aliphatic rings. The molecule has 0 aromatic heterocycles. The molecule has 3 aromatic rings. The average Bonchev–Trinajstić information content (AvgIpc) is 2.73. The lowest BCUT2D eigenvalue weighted by atomic mass is 9.99. The van der Waals surface area contributed by atoms with Crippen LogP contribution in [0.3, 0.4) is 0 Å². The van der Waals surface area contributed by atoms with Crippen molar-refractivity contribution in [1.82, 2.24) is 0 Å². The summed E-state index contributed by atoms with van der Waals surface area (Å²) in [6, 6.07) is 18.6. The largest absolute Gasteiger partial charge is 0.103 e. The summed E-state index contributed by atoms with van der Waals surface area (Å²) in [5, 5.41) is 2.48. The minimum atomic E-state index is 0.878. The van der Waals surface area contributed by atoms with Crippen LogP contribution in [-0.4, -0.2) is 0 Å². The van der Waals surface area contributed by atoms with Gasteiger partial charge in [0.2, 0.25) is 0 Å². The quantitative estimate of drug-likeness (QED) is 0.397. The van der Waals surface area contributed by atoms with Gasteiger partial charge in [0.15, 0.2) is 0 Å². The van der Waals surface area contributed by atoms with E-state index in [4.69, 9.17) is 0 Å².